The molecule has 1 aromatic carbocycles. The maximum absolute atomic E-state index is 3.57. The highest BCUT2D eigenvalue weighted by Crippen LogP contribution is 2.26. The minimum atomic E-state index is 0.956. The Morgan fingerprint density at radius 1 is 1.21 bits per heavy atom. The molecule has 0 unspecified atom stereocenters. The van der Waals surface area contributed by atoms with E-state index in [9.17, 15) is 0 Å². The highest BCUT2D eigenvalue weighted by molar-refractivity contribution is 9.10. The fraction of sp³-hybridized carbons (Fsp3) is 0.600. The van der Waals surface area contributed by atoms with Crippen molar-refractivity contribution in [3.63, 3.8) is 0 Å². The molecule has 0 fully saturated rings. The van der Waals surface area contributed by atoms with Gasteiger partial charge in [-0.25, -0.2) is 0 Å². The van der Waals surface area contributed by atoms with Crippen LogP contribution in [0.25, 0.3) is 0 Å². The zero-order valence-electron chi connectivity index (χ0n) is 12.2. The summed E-state index contributed by atoms with van der Waals surface area (Å²) in [5.41, 5.74) is 1.40. The zero-order chi connectivity index (χ0) is 14.1. The number of halogens is 1. The summed E-state index contributed by atoms with van der Waals surface area (Å²) < 4.78 is 1.16. The first-order valence-corrected chi connectivity index (χ1v) is 8.83. The summed E-state index contributed by atoms with van der Waals surface area (Å²) >= 11 is 5.53. The molecule has 0 heterocycles. The standard InChI is InChI=1S/C15H25BrN2S/c1-4-17-12-13-7-8-14(16)11-15(13)19-10-9-18(5-2)6-3/h7-8,11,17H,4-6,9-10,12H2,1-3H3. The third-order valence-electron chi connectivity index (χ3n) is 3.15. The van der Waals surface area contributed by atoms with Crippen molar-refractivity contribution in [1.29, 1.82) is 0 Å². The van der Waals surface area contributed by atoms with Crippen molar-refractivity contribution in [2.45, 2.75) is 32.2 Å². The van der Waals surface area contributed by atoms with Crippen LogP contribution < -0.4 is 5.32 Å². The van der Waals surface area contributed by atoms with Crippen molar-refractivity contribution in [2.75, 3.05) is 31.9 Å². The van der Waals surface area contributed by atoms with Crippen LogP contribution in [0.15, 0.2) is 27.6 Å². The number of hydrogen-bond donors (Lipinski definition) is 1. The van der Waals surface area contributed by atoms with Crippen molar-refractivity contribution in [3.8, 4) is 0 Å². The molecule has 0 spiro atoms. The van der Waals surface area contributed by atoms with Gasteiger partial charge in [-0.15, -0.1) is 11.8 Å². The van der Waals surface area contributed by atoms with Gasteiger partial charge in [-0.3, -0.25) is 0 Å². The zero-order valence-corrected chi connectivity index (χ0v) is 14.6. The van der Waals surface area contributed by atoms with Gasteiger partial charge in [0.2, 0.25) is 0 Å². The van der Waals surface area contributed by atoms with Gasteiger partial charge in [0.05, 0.1) is 0 Å². The molecule has 0 aliphatic rings. The van der Waals surface area contributed by atoms with Crippen LogP contribution in [0.5, 0.6) is 0 Å². The molecule has 0 radical (unpaired) electrons. The van der Waals surface area contributed by atoms with Gasteiger partial charge in [-0.05, 0) is 37.3 Å². The van der Waals surface area contributed by atoms with Crippen LogP contribution in [0.3, 0.4) is 0 Å². The van der Waals surface area contributed by atoms with Crippen molar-refractivity contribution in [2.24, 2.45) is 0 Å². The van der Waals surface area contributed by atoms with E-state index in [2.05, 4.69) is 65.1 Å². The lowest BCUT2D eigenvalue weighted by molar-refractivity contribution is 0.324. The SMILES string of the molecule is CCNCc1ccc(Br)cc1SCCN(CC)CC. The van der Waals surface area contributed by atoms with E-state index >= 15 is 0 Å². The third kappa shape index (κ3) is 6.30. The molecule has 19 heavy (non-hydrogen) atoms. The van der Waals surface area contributed by atoms with E-state index in [0.29, 0.717) is 0 Å². The number of thioether (sulfide) groups is 1. The summed E-state index contributed by atoms with van der Waals surface area (Å²) in [4.78, 5) is 3.86. The molecule has 4 heteroatoms. The van der Waals surface area contributed by atoms with E-state index in [1.165, 1.54) is 10.5 Å². The van der Waals surface area contributed by atoms with Crippen LogP contribution in [-0.4, -0.2) is 36.8 Å². The van der Waals surface area contributed by atoms with E-state index in [1.807, 2.05) is 11.8 Å². The van der Waals surface area contributed by atoms with Gasteiger partial charge < -0.3 is 10.2 Å². The first-order valence-electron chi connectivity index (χ1n) is 7.05. The fourth-order valence-electron chi connectivity index (χ4n) is 1.89. The van der Waals surface area contributed by atoms with E-state index in [-0.39, 0.29) is 0 Å². The second-order valence-electron chi connectivity index (χ2n) is 4.41. The van der Waals surface area contributed by atoms with Gasteiger partial charge in [0.1, 0.15) is 0 Å². The smallest absolute Gasteiger partial charge is 0.0216 e. The number of rotatable bonds is 9. The van der Waals surface area contributed by atoms with Gasteiger partial charge in [0.25, 0.3) is 0 Å². The lowest BCUT2D eigenvalue weighted by Gasteiger charge is -2.18. The van der Waals surface area contributed by atoms with Crippen LogP contribution >= 0.6 is 27.7 Å². The Hall–Kier alpha value is -0.0300. The van der Waals surface area contributed by atoms with Crippen molar-refractivity contribution in [1.82, 2.24) is 10.2 Å². The lowest BCUT2D eigenvalue weighted by atomic mass is 10.2. The molecule has 1 rings (SSSR count). The van der Waals surface area contributed by atoms with Crippen LogP contribution in [0, 0.1) is 0 Å². The van der Waals surface area contributed by atoms with Crippen LogP contribution in [0.1, 0.15) is 26.3 Å². The van der Waals surface area contributed by atoms with Gasteiger partial charge in [-0.2, -0.15) is 0 Å². The fourth-order valence-corrected chi connectivity index (χ4v) is 3.51. The minimum Gasteiger partial charge on any atom is -0.313 e. The number of nitrogens with one attached hydrogen (secondary N) is 1. The van der Waals surface area contributed by atoms with Crippen LogP contribution in [0.2, 0.25) is 0 Å². The highest BCUT2D eigenvalue weighted by atomic mass is 79.9. The summed E-state index contributed by atoms with van der Waals surface area (Å²) in [6.07, 6.45) is 0. The summed E-state index contributed by atoms with van der Waals surface area (Å²) in [6, 6.07) is 6.58. The molecule has 2 nitrogen and oxygen atoms in total. The van der Waals surface area contributed by atoms with Crippen LogP contribution in [0.4, 0.5) is 0 Å². The Morgan fingerprint density at radius 2 is 1.95 bits per heavy atom. The third-order valence-corrected chi connectivity index (χ3v) is 4.73. The molecule has 0 aromatic heterocycles. The van der Waals surface area contributed by atoms with E-state index in [0.717, 1.165) is 42.9 Å². The second kappa shape index (κ2) is 9.81. The summed E-state index contributed by atoms with van der Waals surface area (Å²) in [6.45, 7) is 12.0. The average molecular weight is 345 g/mol. The molecule has 0 aliphatic carbocycles. The second-order valence-corrected chi connectivity index (χ2v) is 6.46. The molecule has 0 aliphatic heterocycles. The summed E-state index contributed by atoms with van der Waals surface area (Å²) in [5, 5.41) is 3.41. The molecule has 0 saturated carbocycles. The number of nitrogens with zero attached hydrogens (tertiary/aromatic N) is 1. The monoisotopic (exact) mass is 344 g/mol. The molecule has 0 atom stereocenters. The molecule has 1 N–H and O–H groups in total. The van der Waals surface area contributed by atoms with Gasteiger partial charge in [-0.1, -0.05) is 42.8 Å². The first-order chi connectivity index (χ1) is 9.21. The summed E-state index contributed by atoms with van der Waals surface area (Å²) in [5.74, 6) is 1.15. The lowest BCUT2D eigenvalue weighted by Crippen LogP contribution is -2.25. The highest BCUT2D eigenvalue weighted by Gasteiger charge is 2.05. The minimum absolute atomic E-state index is 0.956. The number of hydrogen-bond acceptors (Lipinski definition) is 3. The largest absolute Gasteiger partial charge is 0.313 e. The van der Waals surface area contributed by atoms with Crippen molar-refractivity contribution >= 4 is 27.7 Å². The van der Waals surface area contributed by atoms with E-state index in [4.69, 9.17) is 0 Å². The van der Waals surface area contributed by atoms with Crippen molar-refractivity contribution < 1.29 is 0 Å². The maximum Gasteiger partial charge on any atom is 0.0216 e. The molecule has 0 saturated heterocycles. The Labute approximate surface area is 130 Å². The van der Waals surface area contributed by atoms with E-state index in [1.54, 1.807) is 0 Å². The molecule has 108 valence electrons. The van der Waals surface area contributed by atoms with Gasteiger partial charge >= 0.3 is 0 Å². The van der Waals surface area contributed by atoms with Gasteiger partial charge in [0, 0.05) is 28.2 Å². The Morgan fingerprint density at radius 3 is 2.58 bits per heavy atom. The number of benzene rings is 1. The topological polar surface area (TPSA) is 15.3 Å². The normalized spacial score (nSPS) is 11.2. The quantitative estimate of drug-likeness (QED) is 0.681. The average Bonchev–Trinajstić information content (AvgIpc) is 2.42. The Balaban J connectivity index is 2.57. The predicted octanol–water partition coefficient (Wildman–Crippen LogP) is 3.99. The molecule has 1 aromatic rings. The molecular weight excluding hydrogens is 320 g/mol. The molecule has 0 amide bonds. The van der Waals surface area contributed by atoms with Gasteiger partial charge in [0.15, 0.2) is 0 Å². The first kappa shape index (κ1) is 17.0. The van der Waals surface area contributed by atoms with E-state index < -0.39 is 0 Å². The maximum atomic E-state index is 3.57. The summed E-state index contributed by atoms with van der Waals surface area (Å²) in [7, 11) is 0. The van der Waals surface area contributed by atoms with Crippen LogP contribution in [-0.2, 0) is 6.54 Å². The Bertz CT molecular complexity index is 367. The van der Waals surface area contributed by atoms with Crippen molar-refractivity contribution in [3.05, 3.63) is 28.2 Å². The molecule has 0 bridgehead atoms. The molecular formula is C15H25BrN2S. The predicted molar refractivity (Wildman–Crippen MR) is 90.0 cm³/mol. The Kier molecular flexibility index (Phi) is 8.79.